The van der Waals surface area contributed by atoms with Crippen molar-refractivity contribution in [2.24, 2.45) is 0 Å². The molecular weight excluding hydrogens is 344 g/mol. The Morgan fingerprint density at radius 3 is 1.59 bits per heavy atom. The molecule has 0 radical (unpaired) electrons. The molecule has 4 heteroatoms. The average molecular weight is 365 g/mol. The first-order valence-electron chi connectivity index (χ1n) is 7.29. The smallest absolute Gasteiger partial charge is 0.105 e. The van der Waals surface area contributed by atoms with Gasteiger partial charge >= 0.3 is 0 Å². The summed E-state index contributed by atoms with van der Waals surface area (Å²) in [5, 5.41) is 0. The molecule has 22 heavy (non-hydrogen) atoms. The second kappa shape index (κ2) is 10.5. The molecule has 0 aliphatic heterocycles. The molecule has 118 valence electrons. The van der Waals surface area contributed by atoms with Gasteiger partial charge in [0, 0.05) is 0 Å². The topological polar surface area (TPSA) is 27.7 Å². The quantitative estimate of drug-likeness (QED) is 0.592. The fourth-order valence-corrected chi connectivity index (χ4v) is 2.37. The Balaban J connectivity index is 1.68. The van der Waals surface area contributed by atoms with Crippen LogP contribution in [0.25, 0.3) is 0 Å². The molecule has 0 unspecified atom stereocenters. The van der Waals surface area contributed by atoms with Gasteiger partial charge in [-0.2, -0.15) is 0 Å². The van der Waals surface area contributed by atoms with Crippen LogP contribution < -0.4 is 0 Å². The Bertz CT molecular complexity index is 459. The minimum absolute atomic E-state index is 0.0770. The minimum Gasteiger partial charge on any atom is -0.374 e. The maximum atomic E-state index is 5.71. The van der Waals surface area contributed by atoms with E-state index in [0.29, 0.717) is 31.9 Å². The molecule has 2 aromatic rings. The van der Waals surface area contributed by atoms with Crippen LogP contribution in [0.5, 0.6) is 0 Å². The van der Waals surface area contributed by atoms with Crippen LogP contribution in [0.3, 0.4) is 0 Å². The van der Waals surface area contributed by atoms with Crippen LogP contribution >= 0.6 is 15.9 Å². The fraction of sp³-hybridized carbons (Fsp3) is 0.333. The van der Waals surface area contributed by atoms with Crippen LogP contribution in [0.15, 0.2) is 60.7 Å². The largest absolute Gasteiger partial charge is 0.374 e. The second-order valence-electron chi connectivity index (χ2n) is 4.90. The highest BCUT2D eigenvalue weighted by Crippen LogP contribution is 2.06. The van der Waals surface area contributed by atoms with Crippen LogP contribution in [-0.2, 0) is 27.4 Å². The molecule has 0 N–H and O–H groups in total. The molecule has 0 aliphatic carbocycles. The van der Waals surface area contributed by atoms with Gasteiger partial charge in [-0.25, -0.2) is 0 Å². The zero-order chi connectivity index (χ0) is 15.5. The molecule has 0 aromatic heterocycles. The first-order valence-corrected chi connectivity index (χ1v) is 8.41. The predicted octanol–water partition coefficient (Wildman–Crippen LogP) is 4.16. The Hall–Kier alpha value is -1.20. The third kappa shape index (κ3) is 6.71. The van der Waals surface area contributed by atoms with Crippen molar-refractivity contribution in [1.82, 2.24) is 0 Å². The van der Waals surface area contributed by atoms with Crippen molar-refractivity contribution < 1.29 is 14.2 Å². The van der Waals surface area contributed by atoms with E-state index >= 15 is 0 Å². The molecule has 0 saturated heterocycles. The monoisotopic (exact) mass is 364 g/mol. The normalized spacial score (nSPS) is 11.0. The van der Waals surface area contributed by atoms with Gasteiger partial charge in [-0.1, -0.05) is 76.6 Å². The molecular formula is C18H21BrO3. The summed E-state index contributed by atoms with van der Waals surface area (Å²) in [6.45, 7) is 2.19. The summed E-state index contributed by atoms with van der Waals surface area (Å²) in [5.74, 6) is 0. The highest BCUT2D eigenvalue weighted by atomic mass is 79.9. The summed E-state index contributed by atoms with van der Waals surface area (Å²) in [4.78, 5) is 0. The third-order valence-corrected chi connectivity index (χ3v) is 3.39. The second-order valence-corrected chi connectivity index (χ2v) is 5.36. The summed E-state index contributed by atoms with van der Waals surface area (Å²) in [7, 11) is 0. The Labute approximate surface area is 140 Å². The van der Waals surface area contributed by atoms with Crippen LogP contribution in [0, 0.1) is 0 Å². The Kier molecular flexibility index (Phi) is 8.20. The number of rotatable bonds is 10. The lowest BCUT2D eigenvalue weighted by atomic mass is 10.2. The Morgan fingerprint density at radius 2 is 1.18 bits per heavy atom. The third-order valence-electron chi connectivity index (χ3n) is 3.13. The maximum Gasteiger partial charge on any atom is 0.105 e. The van der Waals surface area contributed by atoms with Gasteiger partial charge in [0.05, 0.1) is 26.4 Å². The van der Waals surface area contributed by atoms with E-state index in [0.717, 1.165) is 11.1 Å². The molecule has 0 fully saturated rings. The maximum absolute atomic E-state index is 5.71. The molecule has 0 spiro atoms. The standard InChI is InChI=1S/C18H21BrO3/c19-15-22-18(13-20-11-16-7-3-1-4-8-16)14-21-12-17-9-5-2-6-10-17/h1-10,18H,11-15H2. The lowest BCUT2D eigenvalue weighted by Crippen LogP contribution is -2.25. The summed E-state index contributed by atoms with van der Waals surface area (Å²) < 4.78 is 17.0. The van der Waals surface area contributed by atoms with Gasteiger partial charge < -0.3 is 14.2 Å². The van der Waals surface area contributed by atoms with Crippen molar-refractivity contribution in [3.8, 4) is 0 Å². The summed E-state index contributed by atoms with van der Waals surface area (Å²) in [5.41, 5.74) is 2.79. The van der Waals surface area contributed by atoms with Crippen molar-refractivity contribution in [2.45, 2.75) is 19.3 Å². The van der Waals surface area contributed by atoms with E-state index in [9.17, 15) is 0 Å². The van der Waals surface area contributed by atoms with Crippen molar-refractivity contribution in [2.75, 3.05) is 18.7 Å². The van der Waals surface area contributed by atoms with E-state index in [4.69, 9.17) is 14.2 Å². The van der Waals surface area contributed by atoms with Gasteiger partial charge in [0.1, 0.15) is 11.6 Å². The SMILES string of the molecule is BrCOC(COCc1ccccc1)COCc1ccccc1. The number of hydrogen-bond donors (Lipinski definition) is 0. The number of alkyl halides is 1. The number of halogens is 1. The van der Waals surface area contributed by atoms with E-state index in [1.165, 1.54) is 0 Å². The highest BCUT2D eigenvalue weighted by Gasteiger charge is 2.09. The summed E-state index contributed by atoms with van der Waals surface area (Å²) >= 11 is 3.29. The first-order chi connectivity index (χ1) is 10.9. The van der Waals surface area contributed by atoms with Crippen molar-refractivity contribution in [3.63, 3.8) is 0 Å². The van der Waals surface area contributed by atoms with Crippen LogP contribution in [0.4, 0.5) is 0 Å². The van der Waals surface area contributed by atoms with Crippen LogP contribution in [-0.4, -0.2) is 24.8 Å². The van der Waals surface area contributed by atoms with E-state index in [1.807, 2.05) is 60.7 Å². The zero-order valence-corrected chi connectivity index (χ0v) is 14.1. The van der Waals surface area contributed by atoms with E-state index < -0.39 is 0 Å². The molecule has 0 aliphatic rings. The zero-order valence-electron chi connectivity index (χ0n) is 12.5. The number of ether oxygens (including phenoxy) is 3. The van der Waals surface area contributed by atoms with E-state index in [1.54, 1.807) is 0 Å². The first kappa shape index (κ1) is 17.2. The van der Waals surface area contributed by atoms with E-state index in [-0.39, 0.29) is 6.10 Å². The molecule has 0 bridgehead atoms. The molecule has 2 rings (SSSR count). The fourth-order valence-electron chi connectivity index (χ4n) is 2.00. The van der Waals surface area contributed by atoms with Gasteiger partial charge in [-0.3, -0.25) is 0 Å². The number of benzene rings is 2. The minimum atomic E-state index is -0.0770. The van der Waals surface area contributed by atoms with Gasteiger partial charge in [-0.15, -0.1) is 0 Å². The van der Waals surface area contributed by atoms with Crippen molar-refractivity contribution >= 4 is 15.9 Å². The van der Waals surface area contributed by atoms with E-state index in [2.05, 4.69) is 15.9 Å². The van der Waals surface area contributed by atoms with Crippen molar-refractivity contribution in [1.29, 1.82) is 0 Å². The summed E-state index contributed by atoms with van der Waals surface area (Å²) in [6, 6.07) is 20.2. The molecule has 0 heterocycles. The van der Waals surface area contributed by atoms with Gasteiger partial charge in [0.2, 0.25) is 0 Å². The summed E-state index contributed by atoms with van der Waals surface area (Å²) in [6.07, 6.45) is -0.0770. The van der Waals surface area contributed by atoms with Gasteiger partial charge in [0.15, 0.2) is 0 Å². The molecule has 0 saturated carbocycles. The molecule has 2 aromatic carbocycles. The number of hydrogen-bond acceptors (Lipinski definition) is 3. The van der Waals surface area contributed by atoms with Gasteiger partial charge in [0.25, 0.3) is 0 Å². The Morgan fingerprint density at radius 1 is 0.727 bits per heavy atom. The molecule has 0 atom stereocenters. The molecule has 0 amide bonds. The predicted molar refractivity (Wildman–Crippen MR) is 90.9 cm³/mol. The van der Waals surface area contributed by atoms with Gasteiger partial charge in [-0.05, 0) is 11.1 Å². The lowest BCUT2D eigenvalue weighted by molar-refractivity contribution is -0.0519. The highest BCUT2D eigenvalue weighted by molar-refractivity contribution is 9.09. The lowest BCUT2D eigenvalue weighted by Gasteiger charge is -2.17. The van der Waals surface area contributed by atoms with Crippen LogP contribution in [0.1, 0.15) is 11.1 Å². The van der Waals surface area contributed by atoms with Crippen molar-refractivity contribution in [3.05, 3.63) is 71.8 Å². The average Bonchev–Trinajstić information content (AvgIpc) is 2.57. The van der Waals surface area contributed by atoms with Crippen LogP contribution in [0.2, 0.25) is 0 Å². The molecule has 3 nitrogen and oxygen atoms in total.